The van der Waals surface area contributed by atoms with Gasteiger partial charge < -0.3 is 4.74 Å². The maximum atomic E-state index is 6.10. The van der Waals surface area contributed by atoms with Gasteiger partial charge in [-0.2, -0.15) is 0 Å². The third-order valence-corrected chi connectivity index (χ3v) is 5.32. The van der Waals surface area contributed by atoms with Crippen LogP contribution in [0.5, 0.6) is 11.6 Å². The Kier molecular flexibility index (Phi) is 4.15. The maximum Gasteiger partial charge on any atom is 0.231 e. The highest BCUT2D eigenvalue weighted by molar-refractivity contribution is 7.17. The molecule has 2 aromatic heterocycles. The summed E-state index contributed by atoms with van der Waals surface area (Å²) in [5.74, 6) is 1.34. The molecule has 0 aliphatic heterocycles. The SMILES string of the molecule is Cc1ccc(Oc2ncnc3scc(-c4ccc(Cl)cc4)c23)cc1C. The smallest absolute Gasteiger partial charge is 0.231 e. The third kappa shape index (κ3) is 3.11. The Labute approximate surface area is 154 Å². The Morgan fingerprint density at radius 2 is 1.76 bits per heavy atom. The Balaban J connectivity index is 1.82. The highest BCUT2D eigenvalue weighted by Gasteiger charge is 2.15. The molecule has 0 unspecified atom stereocenters. The maximum absolute atomic E-state index is 6.10. The molecule has 0 N–H and O–H groups in total. The average Bonchev–Trinajstić information content (AvgIpc) is 3.04. The van der Waals surface area contributed by atoms with Gasteiger partial charge in [0.15, 0.2) is 0 Å². The molecule has 0 bridgehead atoms. The van der Waals surface area contributed by atoms with Crippen molar-refractivity contribution in [3.05, 3.63) is 70.3 Å². The molecule has 0 saturated heterocycles. The molecule has 0 fully saturated rings. The number of rotatable bonds is 3. The molecule has 3 nitrogen and oxygen atoms in total. The molecule has 25 heavy (non-hydrogen) atoms. The zero-order valence-corrected chi connectivity index (χ0v) is 15.4. The van der Waals surface area contributed by atoms with Crippen molar-refractivity contribution < 1.29 is 4.74 Å². The van der Waals surface area contributed by atoms with Gasteiger partial charge in [-0.3, -0.25) is 0 Å². The number of fused-ring (bicyclic) bond motifs is 1. The molecular weight excluding hydrogens is 352 g/mol. The normalized spacial score (nSPS) is 11.0. The van der Waals surface area contributed by atoms with Crippen molar-refractivity contribution in [1.82, 2.24) is 9.97 Å². The monoisotopic (exact) mass is 366 g/mol. The minimum atomic E-state index is 0.569. The molecule has 0 radical (unpaired) electrons. The van der Waals surface area contributed by atoms with Gasteiger partial charge >= 0.3 is 0 Å². The summed E-state index contributed by atoms with van der Waals surface area (Å²) in [6.45, 7) is 4.15. The summed E-state index contributed by atoms with van der Waals surface area (Å²) in [6, 6.07) is 13.8. The zero-order valence-electron chi connectivity index (χ0n) is 13.8. The number of hydrogen-bond acceptors (Lipinski definition) is 4. The van der Waals surface area contributed by atoms with Gasteiger partial charge in [-0.1, -0.05) is 29.8 Å². The summed E-state index contributed by atoms with van der Waals surface area (Å²) in [4.78, 5) is 9.66. The second-order valence-electron chi connectivity index (χ2n) is 5.86. The van der Waals surface area contributed by atoms with E-state index in [1.807, 2.05) is 36.4 Å². The molecule has 4 rings (SSSR count). The second kappa shape index (κ2) is 6.47. The Morgan fingerprint density at radius 3 is 2.52 bits per heavy atom. The van der Waals surface area contributed by atoms with Gasteiger partial charge in [-0.15, -0.1) is 11.3 Å². The lowest BCUT2D eigenvalue weighted by Crippen LogP contribution is -1.92. The van der Waals surface area contributed by atoms with Crippen LogP contribution in [0.15, 0.2) is 54.2 Å². The number of aromatic nitrogens is 2. The van der Waals surface area contributed by atoms with Crippen molar-refractivity contribution in [2.24, 2.45) is 0 Å². The topological polar surface area (TPSA) is 35.0 Å². The molecule has 5 heteroatoms. The number of benzene rings is 2. The first-order valence-corrected chi connectivity index (χ1v) is 9.11. The van der Waals surface area contributed by atoms with Crippen LogP contribution in [0.25, 0.3) is 21.3 Å². The van der Waals surface area contributed by atoms with Gasteiger partial charge in [-0.05, 0) is 54.8 Å². The lowest BCUT2D eigenvalue weighted by molar-refractivity contribution is 0.468. The second-order valence-corrected chi connectivity index (χ2v) is 7.16. The zero-order chi connectivity index (χ0) is 17.4. The van der Waals surface area contributed by atoms with E-state index in [2.05, 4.69) is 35.3 Å². The standard InChI is InChI=1S/C20H15ClN2OS/c1-12-3-8-16(9-13(12)2)24-19-18-17(10-25-20(18)23-11-22-19)14-4-6-15(21)7-5-14/h3-11H,1-2H3. The van der Waals surface area contributed by atoms with Gasteiger partial charge in [0.05, 0.1) is 5.39 Å². The van der Waals surface area contributed by atoms with E-state index in [4.69, 9.17) is 16.3 Å². The van der Waals surface area contributed by atoms with Crippen LogP contribution in [0.1, 0.15) is 11.1 Å². The lowest BCUT2D eigenvalue weighted by Gasteiger charge is -2.09. The number of ether oxygens (including phenoxy) is 1. The van der Waals surface area contributed by atoms with Crippen LogP contribution in [-0.2, 0) is 0 Å². The molecule has 0 aliphatic carbocycles. The molecule has 124 valence electrons. The van der Waals surface area contributed by atoms with Gasteiger partial charge in [0.25, 0.3) is 0 Å². The van der Waals surface area contributed by atoms with Crippen molar-refractivity contribution >= 4 is 33.2 Å². The molecule has 2 heterocycles. The van der Waals surface area contributed by atoms with E-state index in [-0.39, 0.29) is 0 Å². The Bertz CT molecular complexity index is 1060. The number of nitrogens with zero attached hydrogens (tertiary/aromatic N) is 2. The van der Waals surface area contributed by atoms with E-state index in [1.54, 1.807) is 17.7 Å². The highest BCUT2D eigenvalue weighted by Crippen LogP contribution is 2.39. The van der Waals surface area contributed by atoms with Crippen molar-refractivity contribution in [3.8, 4) is 22.8 Å². The van der Waals surface area contributed by atoms with Crippen molar-refractivity contribution in [2.75, 3.05) is 0 Å². The van der Waals surface area contributed by atoms with Gasteiger partial charge in [0.2, 0.25) is 5.88 Å². The fourth-order valence-corrected chi connectivity index (χ4v) is 3.69. The summed E-state index contributed by atoms with van der Waals surface area (Å²) in [6.07, 6.45) is 1.54. The van der Waals surface area contributed by atoms with Crippen LogP contribution in [0.4, 0.5) is 0 Å². The Morgan fingerprint density at radius 1 is 0.960 bits per heavy atom. The minimum Gasteiger partial charge on any atom is -0.438 e. The molecule has 0 atom stereocenters. The van der Waals surface area contributed by atoms with E-state index in [1.165, 1.54) is 11.1 Å². The van der Waals surface area contributed by atoms with Crippen LogP contribution >= 0.6 is 22.9 Å². The van der Waals surface area contributed by atoms with E-state index < -0.39 is 0 Å². The summed E-state index contributed by atoms with van der Waals surface area (Å²) in [5, 5.41) is 3.72. The minimum absolute atomic E-state index is 0.569. The molecule has 2 aromatic carbocycles. The quantitative estimate of drug-likeness (QED) is 0.419. The first-order valence-electron chi connectivity index (χ1n) is 7.85. The van der Waals surface area contributed by atoms with Gasteiger partial charge in [-0.25, -0.2) is 9.97 Å². The summed E-state index contributed by atoms with van der Waals surface area (Å²) in [7, 11) is 0. The first kappa shape index (κ1) is 16.1. The predicted octanol–water partition coefficient (Wildman–Crippen LogP) is 6.42. The number of thiophene rings is 1. The van der Waals surface area contributed by atoms with Gasteiger partial charge in [0.1, 0.15) is 16.9 Å². The van der Waals surface area contributed by atoms with Crippen LogP contribution < -0.4 is 4.74 Å². The molecule has 0 saturated carbocycles. The van der Waals surface area contributed by atoms with Crippen molar-refractivity contribution in [2.45, 2.75) is 13.8 Å². The molecule has 4 aromatic rings. The van der Waals surface area contributed by atoms with E-state index >= 15 is 0 Å². The molecular formula is C20H15ClN2OS. The summed E-state index contributed by atoms with van der Waals surface area (Å²) < 4.78 is 6.10. The van der Waals surface area contributed by atoms with E-state index in [0.717, 1.165) is 27.1 Å². The van der Waals surface area contributed by atoms with Crippen molar-refractivity contribution in [3.63, 3.8) is 0 Å². The third-order valence-electron chi connectivity index (χ3n) is 4.18. The van der Waals surface area contributed by atoms with Crippen LogP contribution in [0, 0.1) is 13.8 Å². The summed E-state index contributed by atoms with van der Waals surface area (Å²) >= 11 is 7.59. The van der Waals surface area contributed by atoms with Gasteiger partial charge in [0, 0.05) is 16.0 Å². The molecule has 0 aliphatic rings. The highest BCUT2D eigenvalue weighted by atomic mass is 35.5. The number of aryl methyl sites for hydroxylation is 2. The lowest BCUT2D eigenvalue weighted by atomic mass is 10.1. The fourth-order valence-electron chi connectivity index (χ4n) is 2.66. The summed E-state index contributed by atoms with van der Waals surface area (Å²) in [5.41, 5.74) is 4.54. The van der Waals surface area contributed by atoms with Crippen LogP contribution in [-0.4, -0.2) is 9.97 Å². The van der Waals surface area contributed by atoms with Crippen molar-refractivity contribution in [1.29, 1.82) is 0 Å². The number of halogens is 1. The van der Waals surface area contributed by atoms with E-state index in [0.29, 0.717) is 10.9 Å². The van der Waals surface area contributed by atoms with E-state index in [9.17, 15) is 0 Å². The largest absolute Gasteiger partial charge is 0.438 e. The van der Waals surface area contributed by atoms with Crippen LogP contribution in [0.2, 0.25) is 5.02 Å². The first-order chi connectivity index (χ1) is 12.1. The molecule has 0 spiro atoms. The number of hydrogen-bond donors (Lipinski definition) is 0. The molecule has 0 amide bonds. The Hall–Kier alpha value is -2.43. The fraction of sp³-hybridized carbons (Fsp3) is 0.100. The predicted molar refractivity (Wildman–Crippen MR) is 104 cm³/mol. The van der Waals surface area contributed by atoms with Crippen LogP contribution in [0.3, 0.4) is 0 Å². The average molecular weight is 367 g/mol.